The second kappa shape index (κ2) is 5.89. The standard InChI is InChI=1S/C15H30N2O/c1-14(2)5-4-9-17-13(14)11-16-12-15(6-7-15)8-10-18-3/h13,16-17H,4-12H2,1-3H3. The Bertz CT molecular complexity index is 261. The van der Waals surface area contributed by atoms with Crippen LogP contribution in [0.1, 0.15) is 46.0 Å². The average molecular weight is 254 g/mol. The van der Waals surface area contributed by atoms with E-state index in [2.05, 4.69) is 24.5 Å². The van der Waals surface area contributed by atoms with Gasteiger partial charge < -0.3 is 15.4 Å². The molecule has 0 aromatic heterocycles. The van der Waals surface area contributed by atoms with Crippen molar-refractivity contribution in [1.82, 2.24) is 10.6 Å². The third-order valence-electron chi connectivity index (χ3n) is 4.97. The highest BCUT2D eigenvalue weighted by atomic mass is 16.5. The van der Waals surface area contributed by atoms with E-state index in [-0.39, 0.29) is 0 Å². The van der Waals surface area contributed by atoms with Crippen molar-refractivity contribution in [2.24, 2.45) is 10.8 Å². The Morgan fingerprint density at radius 2 is 2.06 bits per heavy atom. The quantitative estimate of drug-likeness (QED) is 0.730. The molecule has 3 heteroatoms. The summed E-state index contributed by atoms with van der Waals surface area (Å²) in [5.74, 6) is 0. The van der Waals surface area contributed by atoms with Crippen LogP contribution in [0.2, 0.25) is 0 Å². The van der Waals surface area contributed by atoms with E-state index in [4.69, 9.17) is 4.74 Å². The number of hydrogen-bond donors (Lipinski definition) is 2. The van der Waals surface area contributed by atoms with Gasteiger partial charge in [0.1, 0.15) is 0 Å². The molecule has 0 radical (unpaired) electrons. The summed E-state index contributed by atoms with van der Waals surface area (Å²) in [6, 6.07) is 0.629. The molecule has 1 aliphatic heterocycles. The number of ether oxygens (including phenoxy) is 1. The van der Waals surface area contributed by atoms with Gasteiger partial charge in [-0.15, -0.1) is 0 Å². The van der Waals surface area contributed by atoms with Crippen molar-refractivity contribution in [3.63, 3.8) is 0 Å². The largest absolute Gasteiger partial charge is 0.385 e. The van der Waals surface area contributed by atoms with Crippen LogP contribution >= 0.6 is 0 Å². The monoisotopic (exact) mass is 254 g/mol. The van der Waals surface area contributed by atoms with Gasteiger partial charge in [0, 0.05) is 32.8 Å². The van der Waals surface area contributed by atoms with Crippen LogP contribution in [0.5, 0.6) is 0 Å². The first-order valence-corrected chi connectivity index (χ1v) is 7.51. The third-order valence-corrected chi connectivity index (χ3v) is 4.97. The second-order valence-electron chi connectivity index (χ2n) is 6.97. The number of piperidine rings is 1. The molecule has 2 aliphatic rings. The number of rotatable bonds is 7. The van der Waals surface area contributed by atoms with Crippen LogP contribution in [0.25, 0.3) is 0 Å². The molecule has 0 bridgehead atoms. The van der Waals surface area contributed by atoms with E-state index in [1.165, 1.54) is 45.2 Å². The van der Waals surface area contributed by atoms with Gasteiger partial charge >= 0.3 is 0 Å². The van der Waals surface area contributed by atoms with Gasteiger partial charge in [-0.1, -0.05) is 13.8 Å². The smallest absolute Gasteiger partial charge is 0.0468 e. The van der Waals surface area contributed by atoms with Gasteiger partial charge in [-0.2, -0.15) is 0 Å². The molecular weight excluding hydrogens is 224 g/mol. The molecular formula is C15H30N2O. The topological polar surface area (TPSA) is 33.3 Å². The van der Waals surface area contributed by atoms with E-state index in [1.807, 2.05) is 0 Å². The molecule has 106 valence electrons. The summed E-state index contributed by atoms with van der Waals surface area (Å²) in [6.45, 7) is 9.17. The summed E-state index contributed by atoms with van der Waals surface area (Å²) in [7, 11) is 1.80. The van der Waals surface area contributed by atoms with Crippen LogP contribution in [0.4, 0.5) is 0 Å². The van der Waals surface area contributed by atoms with E-state index >= 15 is 0 Å². The van der Waals surface area contributed by atoms with Crippen LogP contribution in [0.15, 0.2) is 0 Å². The lowest BCUT2D eigenvalue weighted by Crippen LogP contribution is -2.52. The maximum absolute atomic E-state index is 5.21. The Balaban J connectivity index is 1.68. The first-order valence-electron chi connectivity index (χ1n) is 7.51. The number of methoxy groups -OCH3 is 1. The SMILES string of the molecule is COCCC1(CNCC2NCCCC2(C)C)CC1. The van der Waals surface area contributed by atoms with E-state index in [1.54, 1.807) is 7.11 Å². The zero-order valence-electron chi connectivity index (χ0n) is 12.3. The third kappa shape index (κ3) is 3.69. The average Bonchev–Trinajstić information content (AvgIpc) is 3.09. The summed E-state index contributed by atoms with van der Waals surface area (Å²) >= 11 is 0. The fourth-order valence-corrected chi connectivity index (χ4v) is 3.11. The molecule has 1 saturated heterocycles. The van der Waals surface area contributed by atoms with Crippen molar-refractivity contribution in [3.8, 4) is 0 Å². The lowest BCUT2D eigenvalue weighted by molar-refractivity contribution is 0.161. The molecule has 3 nitrogen and oxygen atoms in total. The molecule has 1 aliphatic carbocycles. The minimum absolute atomic E-state index is 0.439. The van der Waals surface area contributed by atoms with Gasteiger partial charge in [-0.05, 0) is 49.5 Å². The Labute approximate surface area is 112 Å². The number of hydrogen-bond acceptors (Lipinski definition) is 3. The predicted molar refractivity (Wildman–Crippen MR) is 75.8 cm³/mol. The highest BCUT2D eigenvalue weighted by Crippen LogP contribution is 2.48. The van der Waals surface area contributed by atoms with Gasteiger partial charge in [-0.3, -0.25) is 0 Å². The minimum atomic E-state index is 0.439. The van der Waals surface area contributed by atoms with Crippen LogP contribution in [0, 0.1) is 10.8 Å². The molecule has 2 fully saturated rings. The molecule has 2 rings (SSSR count). The van der Waals surface area contributed by atoms with E-state index in [0.717, 1.165) is 13.2 Å². The first kappa shape index (κ1) is 14.3. The fourth-order valence-electron chi connectivity index (χ4n) is 3.11. The van der Waals surface area contributed by atoms with E-state index < -0.39 is 0 Å². The minimum Gasteiger partial charge on any atom is -0.385 e. The van der Waals surface area contributed by atoms with Crippen molar-refractivity contribution in [1.29, 1.82) is 0 Å². The van der Waals surface area contributed by atoms with E-state index in [0.29, 0.717) is 16.9 Å². The number of nitrogens with one attached hydrogen (secondary N) is 2. The summed E-state index contributed by atoms with van der Waals surface area (Å²) in [4.78, 5) is 0. The van der Waals surface area contributed by atoms with Crippen LogP contribution in [0.3, 0.4) is 0 Å². The molecule has 0 spiro atoms. The predicted octanol–water partition coefficient (Wildman–Crippen LogP) is 2.17. The van der Waals surface area contributed by atoms with Gasteiger partial charge in [0.25, 0.3) is 0 Å². The van der Waals surface area contributed by atoms with Gasteiger partial charge in [0.05, 0.1) is 0 Å². The molecule has 0 amide bonds. The van der Waals surface area contributed by atoms with E-state index in [9.17, 15) is 0 Å². The van der Waals surface area contributed by atoms with Crippen molar-refractivity contribution >= 4 is 0 Å². The summed E-state index contributed by atoms with van der Waals surface area (Å²) < 4.78 is 5.21. The molecule has 1 unspecified atom stereocenters. The maximum atomic E-state index is 5.21. The molecule has 18 heavy (non-hydrogen) atoms. The van der Waals surface area contributed by atoms with Gasteiger partial charge in [0.2, 0.25) is 0 Å². The molecule has 1 heterocycles. The first-order chi connectivity index (χ1) is 8.58. The fraction of sp³-hybridized carbons (Fsp3) is 1.00. The lowest BCUT2D eigenvalue weighted by atomic mass is 9.77. The normalized spacial score (nSPS) is 29.2. The Morgan fingerprint density at radius 1 is 1.28 bits per heavy atom. The molecule has 0 aromatic rings. The highest BCUT2D eigenvalue weighted by Gasteiger charge is 2.42. The summed E-state index contributed by atoms with van der Waals surface area (Å²) in [5, 5.41) is 7.38. The van der Waals surface area contributed by atoms with Crippen LogP contribution < -0.4 is 10.6 Å². The zero-order valence-corrected chi connectivity index (χ0v) is 12.3. The zero-order chi connectivity index (χ0) is 13.1. The maximum Gasteiger partial charge on any atom is 0.0468 e. The van der Waals surface area contributed by atoms with Crippen molar-refractivity contribution in [2.45, 2.75) is 52.0 Å². The Kier molecular flexibility index (Phi) is 4.68. The van der Waals surface area contributed by atoms with Gasteiger partial charge in [-0.25, -0.2) is 0 Å². The Morgan fingerprint density at radius 3 is 2.67 bits per heavy atom. The van der Waals surface area contributed by atoms with Crippen molar-refractivity contribution in [3.05, 3.63) is 0 Å². The molecule has 2 N–H and O–H groups in total. The lowest BCUT2D eigenvalue weighted by Gasteiger charge is -2.40. The van der Waals surface area contributed by atoms with Gasteiger partial charge in [0.15, 0.2) is 0 Å². The summed E-state index contributed by atoms with van der Waals surface area (Å²) in [6.07, 6.45) is 6.65. The Hall–Kier alpha value is -0.120. The molecule has 0 aromatic carbocycles. The van der Waals surface area contributed by atoms with Crippen LogP contribution in [-0.4, -0.2) is 39.4 Å². The molecule has 1 atom stereocenters. The summed E-state index contributed by atoms with van der Waals surface area (Å²) in [5.41, 5.74) is 1.00. The van der Waals surface area contributed by atoms with Crippen LogP contribution in [-0.2, 0) is 4.74 Å². The second-order valence-corrected chi connectivity index (χ2v) is 6.97. The van der Waals surface area contributed by atoms with Crippen molar-refractivity contribution < 1.29 is 4.74 Å². The highest BCUT2D eigenvalue weighted by molar-refractivity contribution is 4.96. The van der Waals surface area contributed by atoms with Crippen molar-refractivity contribution in [2.75, 3.05) is 33.4 Å². The molecule has 1 saturated carbocycles.